The highest BCUT2D eigenvalue weighted by atomic mass is 32.2. The molecule has 1 unspecified atom stereocenters. The van der Waals surface area contributed by atoms with Gasteiger partial charge >= 0.3 is 5.97 Å². The van der Waals surface area contributed by atoms with Crippen molar-refractivity contribution in [3.8, 4) is 17.6 Å². The van der Waals surface area contributed by atoms with Crippen LogP contribution in [0.1, 0.15) is 6.92 Å². The van der Waals surface area contributed by atoms with Crippen LogP contribution in [0.5, 0.6) is 5.75 Å². The highest BCUT2D eigenvalue weighted by molar-refractivity contribution is 8.04. The van der Waals surface area contributed by atoms with Gasteiger partial charge in [0, 0.05) is 6.20 Å². The molecule has 1 aromatic carbocycles. The number of thioether (sulfide) groups is 1. The van der Waals surface area contributed by atoms with Crippen molar-refractivity contribution in [2.45, 2.75) is 17.9 Å². The van der Waals surface area contributed by atoms with Gasteiger partial charge in [-0.2, -0.15) is 0 Å². The average molecular weight is 365 g/mol. The molecule has 2 rings (SSSR count). The zero-order valence-corrected chi connectivity index (χ0v) is 14.4. The first-order valence-electron chi connectivity index (χ1n) is 6.84. The van der Waals surface area contributed by atoms with Crippen molar-refractivity contribution in [1.29, 1.82) is 0 Å². The summed E-state index contributed by atoms with van der Waals surface area (Å²) in [6, 6.07) is 4.46. The van der Waals surface area contributed by atoms with Gasteiger partial charge in [0.1, 0.15) is 12.4 Å². The molecule has 1 aromatic rings. The Hall–Kier alpha value is -2.37. The number of benzene rings is 1. The SMILES string of the molecule is CC#CCOc1ccc(S(=O)(=O)N2C=CSC=CC2C(=O)O)cc1. The fourth-order valence-electron chi connectivity index (χ4n) is 1.88. The van der Waals surface area contributed by atoms with Gasteiger partial charge in [-0.25, -0.2) is 13.2 Å². The molecular weight excluding hydrogens is 350 g/mol. The van der Waals surface area contributed by atoms with Crippen molar-refractivity contribution >= 4 is 27.8 Å². The number of carboxylic acid groups (broad SMARTS) is 1. The molecule has 1 atom stereocenters. The Kier molecular flexibility index (Phi) is 5.95. The van der Waals surface area contributed by atoms with E-state index in [0.29, 0.717) is 5.75 Å². The van der Waals surface area contributed by atoms with E-state index in [4.69, 9.17) is 4.74 Å². The Morgan fingerprint density at radius 3 is 2.67 bits per heavy atom. The average Bonchev–Trinajstić information content (AvgIpc) is 2.82. The predicted molar refractivity (Wildman–Crippen MR) is 91.7 cm³/mol. The normalized spacial score (nSPS) is 16.9. The van der Waals surface area contributed by atoms with Crippen molar-refractivity contribution in [2.75, 3.05) is 6.61 Å². The smallest absolute Gasteiger partial charge is 0.331 e. The van der Waals surface area contributed by atoms with E-state index in [2.05, 4.69) is 11.8 Å². The van der Waals surface area contributed by atoms with Crippen LogP contribution in [0.4, 0.5) is 0 Å². The van der Waals surface area contributed by atoms with Gasteiger partial charge in [0.05, 0.1) is 4.90 Å². The summed E-state index contributed by atoms with van der Waals surface area (Å²) in [4.78, 5) is 11.3. The molecule has 24 heavy (non-hydrogen) atoms. The van der Waals surface area contributed by atoms with E-state index >= 15 is 0 Å². The van der Waals surface area contributed by atoms with E-state index in [9.17, 15) is 18.3 Å². The third kappa shape index (κ3) is 4.13. The molecule has 0 spiro atoms. The van der Waals surface area contributed by atoms with Crippen LogP contribution in [0.15, 0.2) is 52.3 Å². The summed E-state index contributed by atoms with van der Waals surface area (Å²) >= 11 is 1.20. The number of carbonyl (C=O) groups is 1. The van der Waals surface area contributed by atoms with Gasteiger partial charge in [0.2, 0.25) is 0 Å². The maximum atomic E-state index is 12.7. The number of aliphatic carboxylic acids is 1. The van der Waals surface area contributed by atoms with Crippen molar-refractivity contribution in [1.82, 2.24) is 4.31 Å². The molecule has 0 aliphatic carbocycles. The topological polar surface area (TPSA) is 83.9 Å². The first kappa shape index (κ1) is 18.0. The van der Waals surface area contributed by atoms with Gasteiger partial charge in [0.15, 0.2) is 6.04 Å². The zero-order chi connectivity index (χ0) is 17.6. The van der Waals surface area contributed by atoms with Crippen LogP contribution in [-0.4, -0.2) is 36.4 Å². The van der Waals surface area contributed by atoms with Gasteiger partial charge in [-0.15, -0.1) is 17.7 Å². The van der Waals surface area contributed by atoms with Crippen molar-refractivity contribution in [3.05, 3.63) is 47.4 Å². The van der Waals surface area contributed by atoms with E-state index in [0.717, 1.165) is 4.31 Å². The summed E-state index contributed by atoms with van der Waals surface area (Å²) in [6.07, 6.45) is 2.57. The molecule has 1 aliphatic rings. The highest BCUT2D eigenvalue weighted by Gasteiger charge is 2.32. The molecule has 0 bridgehead atoms. The molecule has 126 valence electrons. The monoisotopic (exact) mass is 365 g/mol. The fraction of sp³-hybridized carbons (Fsp3) is 0.188. The zero-order valence-electron chi connectivity index (χ0n) is 12.7. The lowest BCUT2D eigenvalue weighted by Gasteiger charge is -2.24. The van der Waals surface area contributed by atoms with Crippen molar-refractivity contribution < 1.29 is 23.1 Å². The number of hydrogen-bond donors (Lipinski definition) is 1. The first-order valence-corrected chi connectivity index (χ1v) is 9.22. The van der Waals surface area contributed by atoms with Gasteiger partial charge in [0.25, 0.3) is 10.0 Å². The number of nitrogens with zero attached hydrogens (tertiary/aromatic N) is 1. The molecular formula is C16H15NO5S2. The minimum absolute atomic E-state index is 0.0207. The minimum Gasteiger partial charge on any atom is -0.481 e. The summed E-state index contributed by atoms with van der Waals surface area (Å²) in [5.74, 6) is 4.65. The van der Waals surface area contributed by atoms with Gasteiger partial charge < -0.3 is 9.84 Å². The van der Waals surface area contributed by atoms with Crippen LogP contribution in [0.3, 0.4) is 0 Å². The standard InChI is InChI=1S/C16H15NO5S2/c1-2-3-10-22-13-4-6-14(7-5-13)24(20,21)17-9-12-23-11-8-15(17)16(18)19/h4-9,11-12,15H,10H2,1H3,(H,18,19). The Balaban J connectivity index is 2.29. The molecule has 0 amide bonds. The summed E-state index contributed by atoms with van der Waals surface area (Å²) in [5.41, 5.74) is 0. The molecule has 1 N–H and O–H groups in total. The molecule has 0 saturated heterocycles. The lowest BCUT2D eigenvalue weighted by molar-refractivity contribution is -0.139. The summed E-state index contributed by atoms with van der Waals surface area (Å²) < 4.78 is 31.6. The Labute approximate surface area is 144 Å². The second-order valence-corrected chi connectivity index (χ2v) is 7.21. The Morgan fingerprint density at radius 1 is 1.33 bits per heavy atom. The first-order chi connectivity index (χ1) is 11.5. The third-order valence-corrected chi connectivity index (χ3v) is 5.40. The van der Waals surface area contributed by atoms with Crippen molar-refractivity contribution in [2.24, 2.45) is 0 Å². The maximum absolute atomic E-state index is 12.7. The number of hydrogen-bond acceptors (Lipinski definition) is 5. The van der Waals surface area contributed by atoms with Crippen LogP contribution in [0.25, 0.3) is 0 Å². The van der Waals surface area contributed by atoms with Crippen LogP contribution in [-0.2, 0) is 14.8 Å². The van der Waals surface area contributed by atoms with Gasteiger partial charge in [-0.05, 0) is 48.1 Å². The predicted octanol–water partition coefficient (Wildman–Crippen LogP) is 2.26. The molecule has 0 saturated carbocycles. The maximum Gasteiger partial charge on any atom is 0.331 e. The number of ether oxygens (including phenoxy) is 1. The van der Waals surface area contributed by atoms with Crippen molar-refractivity contribution in [3.63, 3.8) is 0 Å². The van der Waals surface area contributed by atoms with Crippen LogP contribution >= 0.6 is 11.8 Å². The Morgan fingerprint density at radius 2 is 2.04 bits per heavy atom. The largest absolute Gasteiger partial charge is 0.481 e. The number of rotatable bonds is 5. The lowest BCUT2D eigenvalue weighted by atomic mass is 10.3. The van der Waals surface area contributed by atoms with Crippen LogP contribution in [0, 0.1) is 11.8 Å². The van der Waals surface area contributed by atoms with E-state index in [1.54, 1.807) is 6.92 Å². The molecule has 0 radical (unpaired) electrons. The minimum atomic E-state index is -4.00. The van der Waals surface area contributed by atoms with E-state index in [1.807, 2.05) is 0 Å². The Bertz CT molecular complexity index is 816. The van der Waals surface area contributed by atoms with Crippen LogP contribution in [0.2, 0.25) is 0 Å². The molecule has 6 nitrogen and oxygen atoms in total. The van der Waals surface area contributed by atoms with E-state index < -0.39 is 22.0 Å². The molecule has 1 heterocycles. The number of carboxylic acids is 1. The second kappa shape index (κ2) is 7.95. The quantitative estimate of drug-likeness (QED) is 0.806. The number of sulfonamides is 1. The summed E-state index contributed by atoms with van der Waals surface area (Å²) in [7, 11) is -4.00. The highest BCUT2D eigenvalue weighted by Crippen LogP contribution is 2.25. The summed E-state index contributed by atoms with van der Waals surface area (Å²) in [5, 5.41) is 12.3. The molecule has 0 aromatic heterocycles. The summed E-state index contributed by atoms with van der Waals surface area (Å²) in [6.45, 7) is 1.90. The molecule has 8 heteroatoms. The molecule has 0 fully saturated rings. The fourth-order valence-corrected chi connectivity index (χ4v) is 3.89. The molecule has 1 aliphatic heterocycles. The van der Waals surface area contributed by atoms with E-state index in [-0.39, 0.29) is 11.5 Å². The van der Waals surface area contributed by atoms with E-state index in [1.165, 1.54) is 59.1 Å². The van der Waals surface area contributed by atoms with Gasteiger partial charge in [-0.3, -0.25) is 4.31 Å². The second-order valence-electron chi connectivity index (χ2n) is 4.55. The van der Waals surface area contributed by atoms with Gasteiger partial charge in [-0.1, -0.05) is 5.92 Å². The van der Waals surface area contributed by atoms with Crippen LogP contribution < -0.4 is 4.74 Å². The lowest BCUT2D eigenvalue weighted by Crippen LogP contribution is -2.39. The third-order valence-electron chi connectivity index (χ3n) is 3.04.